The summed E-state index contributed by atoms with van der Waals surface area (Å²) in [6.45, 7) is 9.73. The topological polar surface area (TPSA) is 79.5 Å². The Kier molecular flexibility index (Phi) is 5.79. The van der Waals surface area contributed by atoms with Gasteiger partial charge in [0, 0.05) is 24.1 Å². The molecule has 1 saturated heterocycles. The first kappa shape index (κ1) is 19.7. The van der Waals surface area contributed by atoms with Crippen LogP contribution < -0.4 is 4.90 Å². The lowest BCUT2D eigenvalue weighted by atomic mass is 9.92. The predicted octanol–water partition coefficient (Wildman–Crippen LogP) is 4.74. The van der Waals surface area contributed by atoms with Gasteiger partial charge in [-0.25, -0.2) is 14.8 Å². The minimum absolute atomic E-state index is 0.0437. The Bertz CT molecular complexity index is 813. The Morgan fingerprint density at radius 1 is 1.33 bits per heavy atom. The Hall–Kier alpha value is -2.02. The smallest absolute Gasteiger partial charge is 0.371 e. The van der Waals surface area contributed by atoms with E-state index < -0.39 is 5.97 Å². The Morgan fingerprint density at radius 2 is 2.11 bits per heavy atom. The van der Waals surface area contributed by atoms with Crippen molar-refractivity contribution in [3.05, 3.63) is 35.4 Å². The second-order valence-corrected chi connectivity index (χ2v) is 8.98. The van der Waals surface area contributed by atoms with Crippen molar-refractivity contribution >= 4 is 23.5 Å². The minimum Gasteiger partial charge on any atom is -0.475 e. The van der Waals surface area contributed by atoms with Crippen LogP contribution in [-0.4, -0.2) is 33.6 Å². The molecule has 2 aromatic rings. The maximum absolute atomic E-state index is 11.0. The summed E-state index contributed by atoms with van der Waals surface area (Å²) in [5.41, 5.74) is 0.936. The molecule has 0 bridgehead atoms. The highest BCUT2D eigenvalue weighted by Gasteiger charge is 2.24. The number of carbonyl (C=O) groups is 1. The molecule has 0 radical (unpaired) electrons. The summed E-state index contributed by atoms with van der Waals surface area (Å²) in [5, 5.41) is 9.68. The number of nitrogens with zero attached hydrogens (tertiary/aromatic N) is 3. The molecule has 0 saturated carbocycles. The number of hydrogen-bond donors (Lipinski definition) is 1. The van der Waals surface area contributed by atoms with E-state index in [9.17, 15) is 4.79 Å². The minimum atomic E-state index is -1.06. The van der Waals surface area contributed by atoms with Gasteiger partial charge in [0.2, 0.25) is 5.76 Å². The van der Waals surface area contributed by atoms with E-state index in [0.29, 0.717) is 22.7 Å². The highest BCUT2D eigenvalue weighted by molar-refractivity contribution is 7.98. The summed E-state index contributed by atoms with van der Waals surface area (Å²) in [7, 11) is 0. The lowest BCUT2D eigenvalue weighted by Crippen LogP contribution is -2.38. The van der Waals surface area contributed by atoms with Crippen molar-refractivity contribution in [2.75, 3.05) is 11.4 Å². The second-order valence-electron chi connectivity index (χ2n) is 8.04. The zero-order valence-electron chi connectivity index (χ0n) is 16.4. The van der Waals surface area contributed by atoms with Gasteiger partial charge in [-0.2, -0.15) is 0 Å². The van der Waals surface area contributed by atoms with Crippen molar-refractivity contribution in [3.8, 4) is 0 Å². The first-order valence-electron chi connectivity index (χ1n) is 9.35. The number of thioether (sulfide) groups is 1. The first-order chi connectivity index (χ1) is 12.7. The summed E-state index contributed by atoms with van der Waals surface area (Å²) in [6.07, 6.45) is 3.63. The molecular weight excluding hydrogens is 362 g/mol. The fraction of sp³-hybridized carbons (Fsp3) is 0.550. The van der Waals surface area contributed by atoms with E-state index >= 15 is 0 Å². The fourth-order valence-corrected chi connectivity index (χ4v) is 3.90. The molecule has 3 rings (SSSR count). The standard InChI is InChI=1S/C20H27N3O3S/c1-13-7-5-6-10-23(13)17-11-16(20(2,3)4)21-19(22-17)27-12-14-8-9-15(26-14)18(24)25/h8-9,11,13H,5-7,10,12H2,1-4H3,(H,24,25). The summed E-state index contributed by atoms with van der Waals surface area (Å²) >= 11 is 1.47. The van der Waals surface area contributed by atoms with E-state index in [1.807, 2.05) is 0 Å². The highest BCUT2D eigenvalue weighted by atomic mass is 32.2. The van der Waals surface area contributed by atoms with Gasteiger partial charge < -0.3 is 14.4 Å². The number of carboxylic acids is 1. The Balaban J connectivity index is 1.84. The number of furan rings is 1. The molecule has 3 heterocycles. The monoisotopic (exact) mass is 389 g/mol. The third-order valence-corrected chi connectivity index (χ3v) is 5.64. The van der Waals surface area contributed by atoms with Crippen LogP contribution in [0.2, 0.25) is 0 Å². The van der Waals surface area contributed by atoms with Crippen LogP contribution in [0.1, 0.15) is 69.0 Å². The van der Waals surface area contributed by atoms with Crippen LogP contribution in [0, 0.1) is 0 Å². The highest BCUT2D eigenvalue weighted by Crippen LogP contribution is 2.31. The van der Waals surface area contributed by atoms with Gasteiger partial charge in [-0.05, 0) is 38.3 Å². The molecule has 0 amide bonds. The van der Waals surface area contributed by atoms with Crippen molar-refractivity contribution in [1.82, 2.24) is 9.97 Å². The molecule has 6 nitrogen and oxygen atoms in total. The van der Waals surface area contributed by atoms with E-state index in [1.165, 1.54) is 37.1 Å². The third-order valence-electron chi connectivity index (χ3n) is 4.77. The summed E-state index contributed by atoms with van der Waals surface area (Å²) in [5.74, 6) is 0.984. The molecule has 1 fully saturated rings. The van der Waals surface area contributed by atoms with Crippen molar-refractivity contribution in [3.63, 3.8) is 0 Å². The molecule has 27 heavy (non-hydrogen) atoms. The van der Waals surface area contributed by atoms with Gasteiger partial charge in [-0.1, -0.05) is 32.5 Å². The maximum atomic E-state index is 11.0. The van der Waals surface area contributed by atoms with E-state index in [2.05, 4.69) is 38.7 Å². The number of piperidine rings is 1. The second kappa shape index (κ2) is 7.92. The van der Waals surface area contributed by atoms with Gasteiger partial charge in [0.15, 0.2) is 5.16 Å². The van der Waals surface area contributed by atoms with Crippen LogP contribution >= 0.6 is 11.8 Å². The molecule has 1 aliphatic heterocycles. The van der Waals surface area contributed by atoms with Crippen LogP contribution in [-0.2, 0) is 11.2 Å². The predicted molar refractivity (Wildman–Crippen MR) is 107 cm³/mol. The van der Waals surface area contributed by atoms with E-state index in [4.69, 9.17) is 19.5 Å². The lowest BCUT2D eigenvalue weighted by Gasteiger charge is -2.35. The first-order valence-corrected chi connectivity index (χ1v) is 10.3. The lowest BCUT2D eigenvalue weighted by molar-refractivity contribution is 0.0661. The van der Waals surface area contributed by atoms with E-state index in [1.54, 1.807) is 6.07 Å². The van der Waals surface area contributed by atoms with Gasteiger partial charge in [-0.3, -0.25) is 0 Å². The van der Waals surface area contributed by atoms with Gasteiger partial charge in [-0.15, -0.1) is 0 Å². The van der Waals surface area contributed by atoms with E-state index in [-0.39, 0.29) is 11.2 Å². The number of hydrogen-bond acceptors (Lipinski definition) is 6. The normalized spacial score (nSPS) is 17.9. The molecule has 146 valence electrons. The van der Waals surface area contributed by atoms with Crippen LogP contribution in [0.4, 0.5) is 5.82 Å². The zero-order chi connectivity index (χ0) is 19.6. The van der Waals surface area contributed by atoms with Crippen molar-refractivity contribution < 1.29 is 14.3 Å². The Labute approximate surface area is 164 Å². The molecular formula is C20H27N3O3S. The number of aromatic nitrogens is 2. The van der Waals surface area contributed by atoms with Gasteiger partial charge in [0.25, 0.3) is 0 Å². The molecule has 2 aromatic heterocycles. The molecule has 7 heteroatoms. The molecule has 1 aliphatic rings. The fourth-order valence-electron chi connectivity index (χ4n) is 3.15. The molecule has 1 unspecified atom stereocenters. The average Bonchev–Trinajstić information content (AvgIpc) is 3.09. The SMILES string of the molecule is CC1CCCCN1c1cc(C(C)(C)C)nc(SCc2ccc(C(=O)O)o2)n1. The largest absolute Gasteiger partial charge is 0.475 e. The van der Waals surface area contributed by atoms with E-state index in [0.717, 1.165) is 18.1 Å². The van der Waals surface area contributed by atoms with Crippen LogP contribution in [0.5, 0.6) is 0 Å². The summed E-state index contributed by atoms with van der Waals surface area (Å²) < 4.78 is 5.34. The molecule has 1 atom stereocenters. The van der Waals surface area contributed by atoms with Crippen molar-refractivity contribution in [2.45, 2.75) is 69.3 Å². The zero-order valence-corrected chi connectivity index (χ0v) is 17.2. The molecule has 0 aromatic carbocycles. The average molecular weight is 390 g/mol. The maximum Gasteiger partial charge on any atom is 0.371 e. The van der Waals surface area contributed by atoms with Crippen LogP contribution in [0.15, 0.2) is 27.8 Å². The summed E-state index contributed by atoms with van der Waals surface area (Å²) in [4.78, 5) is 22.9. The van der Waals surface area contributed by atoms with Gasteiger partial charge in [0.05, 0.1) is 11.4 Å². The number of rotatable bonds is 5. The third kappa shape index (κ3) is 4.83. The quantitative estimate of drug-likeness (QED) is 0.584. The molecule has 0 spiro atoms. The number of anilines is 1. The molecule has 1 N–H and O–H groups in total. The Morgan fingerprint density at radius 3 is 2.74 bits per heavy atom. The van der Waals surface area contributed by atoms with Gasteiger partial charge in [0.1, 0.15) is 11.6 Å². The van der Waals surface area contributed by atoms with Crippen molar-refractivity contribution in [2.24, 2.45) is 0 Å². The van der Waals surface area contributed by atoms with Crippen LogP contribution in [0.3, 0.4) is 0 Å². The van der Waals surface area contributed by atoms with Crippen molar-refractivity contribution in [1.29, 1.82) is 0 Å². The van der Waals surface area contributed by atoms with Crippen LogP contribution in [0.25, 0.3) is 0 Å². The molecule has 0 aliphatic carbocycles. The van der Waals surface area contributed by atoms with Gasteiger partial charge >= 0.3 is 5.97 Å². The summed E-state index contributed by atoms with van der Waals surface area (Å²) in [6, 6.07) is 5.76. The number of carboxylic acid groups (broad SMARTS) is 1. The number of aromatic carboxylic acids is 1.